The van der Waals surface area contributed by atoms with Crippen LogP contribution in [0, 0.1) is 30.7 Å². The van der Waals surface area contributed by atoms with Crippen molar-refractivity contribution in [3.05, 3.63) is 71.9 Å². The Kier molecular flexibility index (Phi) is 8.47. The fourth-order valence-corrected chi connectivity index (χ4v) is 5.55. The van der Waals surface area contributed by atoms with Gasteiger partial charge >= 0.3 is 0 Å². The maximum Gasteiger partial charge on any atom is 0.164 e. The molecular formula is C31H33IrN2O3S-. The van der Waals surface area contributed by atoms with Gasteiger partial charge < -0.3 is 10.1 Å². The van der Waals surface area contributed by atoms with E-state index < -0.39 is 16.2 Å². The van der Waals surface area contributed by atoms with E-state index in [4.69, 9.17) is 0 Å². The molecule has 1 aliphatic heterocycles. The number of hydrogen-bond donors (Lipinski definition) is 1. The Morgan fingerprint density at radius 2 is 1.66 bits per heavy atom. The summed E-state index contributed by atoms with van der Waals surface area (Å²) in [5.74, 6) is 0.104. The zero-order valence-corrected chi connectivity index (χ0v) is 26.2. The maximum absolute atomic E-state index is 13.2. The normalized spacial score (nSPS) is 14.8. The zero-order chi connectivity index (χ0) is 27.3. The van der Waals surface area contributed by atoms with Crippen molar-refractivity contribution in [2.75, 3.05) is 0 Å². The predicted molar refractivity (Wildman–Crippen MR) is 150 cm³/mol. The summed E-state index contributed by atoms with van der Waals surface area (Å²) in [7, 11) is -1.23. The molecule has 0 saturated carbocycles. The van der Waals surface area contributed by atoms with Crippen molar-refractivity contribution in [3.63, 3.8) is 0 Å². The van der Waals surface area contributed by atoms with E-state index in [0.29, 0.717) is 0 Å². The van der Waals surface area contributed by atoms with Crippen LogP contribution in [0.15, 0.2) is 64.2 Å². The molecule has 7 heteroatoms. The van der Waals surface area contributed by atoms with Crippen LogP contribution < -0.4 is 0 Å². The van der Waals surface area contributed by atoms with Crippen molar-refractivity contribution in [2.24, 2.45) is 10.8 Å². The molecule has 0 saturated heterocycles. The molecule has 5 nitrogen and oxygen atoms in total. The fourth-order valence-electron chi connectivity index (χ4n) is 4.15. The molecule has 201 valence electrons. The minimum atomic E-state index is -1.23. The second kappa shape index (κ2) is 10.8. The summed E-state index contributed by atoms with van der Waals surface area (Å²) < 4.78 is 13.2. The number of carbonyl (C=O) groups excluding carboxylic acids is 1. The Morgan fingerprint density at radius 1 is 0.974 bits per heavy atom. The van der Waals surface area contributed by atoms with Crippen LogP contribution in [-0.2, 0) is 35.7 Å². The van der Waals surface area contributed by atoms with Gasteiger partial charge in [-0.25, -0.2) is 0 Å². The summed E-state index contributed by atoms with van der Waals surface area (Å²) in [6.45, 7) is 15.1. The molecule has 1 N–H and O–H groups in total. The molecule has 2 aromatic carbocycles. The van der Waals surface area contributed by atoms with E-state index in [1.54, 1.807) is 0 Å². The fraction of sp³-hybridized carbons (Fsp3) is 0.323. The van der Waals surface area contributed by atoms with Crippen molar-refractivity contribution in [1.82, 2.24) is 9.97 Å². The van der Waals surface area contributed by atoms with Crippen LogP contribution in [0.3, 0.4) is 0 Å². The summed E-state index contributed by atoms with van der Waals surface area (Å²) >= 11 is 0. The number of aryl methyl sites for hydroxylation is 2. The van der Waals surface area contributed by atoms with Gasteiger partial charge in [0, 0.05) is 75.7 Å². The van der Waals surface area contributed by atoms with Gasteiger partial charge in [0.25, 0.3) is 0 Å². The molecule has 0 bridgehead atoms. The van der Waals surface area contributed by atoms with Gasteiger partial charge in [-0.05, 0) is 58.8 Å². The molecule has 1 aliphatic rings. The Hall–Kier alpha value is -2.73. The van der Waals surface area contributed by atoms with Crippen molar-refractivity contribution >= 4 is 38.1 Å². The first kappa shape index (κ1) is 29.8. The van der Waals surface area contributed by atoms with Gasteiger partial charge in [0.2, 0.25) is 0 Å². The second-order valence-corrected chi connectivity index (χ2v) is 12.9. The Morgan fingerprint density at radius 3 is 2.29 bits per heavy atom. The molecule has 0 amide bonds. The molecule has 3 heterocycles. The van der Waals surface area contributed by atoms with Gasteiger partial charge in [0.1, 0.15) is 5.76 Å². The number of aliphatic hydroxyl groups excluding tert-OH is 1. The van der Waals surface area contributed by atoms with E-state index >= 15 is 0 Å². The summed E-state index contributed by atoms with van der Waals surface area (Å²) in [4.78, 5) is 22.2. The van der Waals surface area contributed by atoms with Crippen LogP contribution >= 0.6 is 0 Å². The minimum Gasteiger partial charge on any atom is -0.512 e. The van der Waals surface area contributed by atoms with Gasteiger partial charge in [0.05, 0.1) is 0 Å². The van der Waals surface area contributed by atoms with Crippen molar-refractivity contribution in [1.29, 1.82) is 0 Å². The van der Waals surface area contributed by atoms with E-state index in [-0.39, 0.29) is 37.1 Å². The number of pyridine rings is 2. The third-order valence-corrected chi connectivity index (χ3v) is 7.83. The largest absolute Gasteiger partial charge is 0.512 e. The molecule has 1 atom stereocenters. The van der Waals surface area contributed by atoms with Crippen LogP contribution in [0.2, 0.25) is 0 Å². The molecule has 2 aromatic heterocycles. The van der Waals surface area contributed by atoms with Crippen LogP contribution in [0.1, 0.15) is 52.9 Å². The van der Waals surface area contributed by atoms with Gasteiger partial charge in [0.15, 0.2) is 5.78 Å². The molecule has 1 unspecified atom stereocenters. The number of aromatic nitrogens is 2. The van der Waals surface area contributed by atoms with Crippen LogP contribution in [0.25, 0.3) is 32.8 Å². The molecule has 0 aliphatic carbocycles. The summed E-state index contributed by atoms with van der Waals surface area (Å²) in [6, 6.07) is 15.0. The van der Waals surface area contributed by atoms with Gasteiger partial charge in [-0.1, -0.05) is 41.5 Å². The summed E-state index contributed by atoms with van der Waals surface area (Å²) in [5, 5.41) is 13.8. The molecule has 0 fully saturated rings. The molecule has 5 rings (SSSR count). The van der Waals surface area contributed by atoms with Crippen LogP contribution in [-0.4, -0.2) is 25.1 Å². The number of ketones is 1. The predicted octanol–water partition coefficient (Wildman–Crippen LogP) is 7.43. The average molecular weight is 706 g/mol. The first-order valence-corrected chi connectivity index (χ1v) is 13.4. The number of carbonyl (C=O) groups is 1. The van der Waals surface area contributed by atoms with E-state index in [2.05, 4.69) is 22.1 Å². The van der Waals surface area contributed by atoms with Gasteiger partial charge in [-0.2, -0.15) is 0 Å². The topological polar surface area (TPSA) is 80.1 Å². The Labute approximate surface area is 240 Å². The van der Waals surface area contributed by atoms with E-state index in [9.17, 15) is 14.1 Å². The van der Waals surface area contributed by atoms with E-state index in [1.807, 2.05) is 91.9 Å². The van der Waals surface area contributed by atoms with Gasteiger partial charge in [-0.3, -0.25) is 14.0 Å². The molecule has 4 aromatic rings. The SMILES string of the molecule is CC(C)(C)C(=O)/C=C(\O)C(C)(C)C.Cc1cc2c(cc3c4c(nccc42)-c2[c-]cccc2S3=O)c(C)n1.[Ir]. The average Bonchev–Trinajstić information content (AvgIpc) is 2.81. The summed E-state index contributed by atoms with van der Waals surface area (Å²) in [6.07, 6.45) is 3.16. The number of allylic oxidation sites excluding steroid dienone is 2. The molecule has 0 spiro atoms. The number of aliphatic hydroxyl groups is 1. The molecular weight excluding hydrogens is 673 g/mol. The maximum atomic E-state index is 13.2. The first-order valence-electron chi connectivity index (χ1n) is 12.3. The van der Waals surface area contributed by atoms with Crippen molar-refractivity contribution < 1.29 is 34.2 Å². The third kappa shape index (κ3) is 5.66. The standard InChI is InChI=1S/C20H13N2OS.C11H20O2.Ir/c1-11-9-16-13-7-8-21-20-14-5-3-4-6-17(14)24(23)18(19(13)20)10-15(16)12(2)22-11;1-10(2,3)8(12)7-9(13)11(4,5)6;/h3-4,6-10H,1-2H3;7,12H,1-6H3;/q-1;;/b;8-7-;. The minimum absolute atomic E-state index is 0. The number of fused-ring (bicyclic) bond motifs is 4. The van der Waals surface area contributed by atoms with Gasteiger partial charge in [-0.15, -0.1) is 29.8 Å². The number of benzene rings is 2. The van der Waals surface area contributed by atoms with Crippen molar-refractivity contribution in [2.45, 2.75) is 65.2 Å². The number of hydrogen-bond acceptors (Lipinski definition) is 5. The zero-order valence-electron chi connectivity index (χ0n) is 23.0. The second-order valence-electron chi connectivity index (χ2n) is 11.5. The third-order valence-electron chi connectivity index (χ3n) is 6.37. The smallest absolute Gasteiger partial charge is 0.164 e. The number of nitrogens with zero attached hydrogens (tertiary/aromatic N) is 2. The van der Waals surface area contributed by atoms with Crippen LogP contribution in [0.5, 0.6) is 0 Å². The Bertz CT molecular complexity index is 1610. The molecule has 1 radical (unpaired) electrons. The Balaban J connectivity index is 0.000000248. The monoisotopic (exact) mass is 706 g/mol. The van der Waals surface area contributed by atoms with Crippen LogP contribution in [0.4, 0.5) is 0 Å². The quantitative estimate of drug-likeness (QED) is 0.0850. The van der Waals surface area contributed by atoms with Crippen molar-refractivity contribution in [3.8, 4) is 11.3 Å². The molecule has 38 heavy (non-hydrogen) atoms. The van der Waals surface area contributed by atoms with E-state index in [1.165, 1.54) is 6.08 Å². The number of rotatable bonds is 1. The first-order chi connectivity index (χ1) is 17.2. The van der Waals surface area contributed by atoms with E-state index in [0.717, 1.165) is 54.0 Å². The summed E-state index contributed by atoms with van der Waals surface area (Å²) in [5.41, 5.74) is 2.89.